The molecule has 2 N–H and O–H groups in total. The molecule has 0 aliphatic heterocycles. The van der Waals surface area contributed by atoms with Crippen molar-refractivity contribution in [2.75, 3.05) is 13.2 Å². The van der Waals surface area contributed by atoms with Crippen LogP contribution in [0.5, 0.6) is 0 Å². The number of aliphatic hydroxyl groups is 1. The van der Waals surface area contributed by atoms with Crippen LogP contribution in [0.1, 0.15) is 18.5 Å². The van der Waals surface area contributed by atoms with Crippen molar-refractivity contribution in [2.45, 2.75) is 19.4 Å². The number of hydrogen-bond acceptors (Lipinski definition) is 3. The fourth-order valence-electron chi connectivity index (χ4n) is 2.43. The summed E-state index contributed by atoms with van der Waals surface area (Å²) in [6, 6.07) is 8.27. The average Bonchev–Trinajstić information content (AvgIpc) is 3.11. The van der Waals surface area contributed by atoms with Gasteiger partial charge in [-0.2, -0.15) is 5.10 Å². The maximum Gasteiger partial charge on any atom is 0.0841 e. The van der Waals surface area contributed by atoms with E-state index < -0.39 is 0 Å². The quantitative estimate of drug-likeness (QED) is 0.838. The van der Waals surface area contributed by atoms with E-state index >= 15 is 0 Å². The van der Waals surface area contributed by atoms with Crippen molar-refractivity contribution in [1.82, 2.24) is 15.1 Å². The first-order valence-corrected chi connectivity index (χ1v) is 6.46. The second kappa shape index (κ2) is 4.37. The molecule has 18 heavy (non-hydrogen) atoms. The monoisotopic (exact) mass is 245 g/mol. The van der Waals surface area contributed by atoms with E-state index in [0.717, 1.165) is 37.1 Å². The van der Waals surface area contributed by atoms with Gasteiger partial charge >= 0.3 is 0 Å². The van der Waals surface area contributed by atoms with E-state index in [2.05, 4.69) is 22.5 Å². The topological polar surface area (TPSA) is 50.1 Å². The lowest BCUT2D eigenvalue weighted by atomic mass is 10.1. The van der Waals surface area contributed by atoms with E-state index in [0.29, 0.717) is 6.61 Å². The summed E-state index contributed by atoms with van der Waals surface area (Å²) in [6.45, 7) is 1.94. The average molecular weight is 245 g/mol. The van der Waals surface area contributed by atoms with Gasteiger partial charge in [-0.1, -0.05) is 18.2 Å². The zero-order valence-electron chi connectivity index (χ0n) is 10.7. The number of benzene rings is 1. The maximum atomic E-state index is 9.27. The van der Waals surface area contributed by atoms with Crippen LogP contribution in [0.25, 0.3) is 10.9 Å². The van der Waals surface area contributed by atoms with Crippen molar-refractivity contribution < 1.29 is 5.11 Å². The third-order valence-electron chi connectivity index (χ3n) is 3.92. The molecule has 96 valence electrons. The summed E-state index contributed by atoms with van der Waals surface area (Å²) < 4.78 is 1.92. The first-order valence-electron chi connectivity index (χ1n) is 6.46. The lowest BCUT2D eigenvalue weighted by Gasteiger charge is -2.11. The predicted molar refractivity (Wildman–Crippen MR) is 71.2 cm³/mol. The molecule has 1 aliphatic rings. The van der Waals surface area contributed by atoms with Gasteiger partial charge in [-0.25, -0.2) is 0 Å². The Morgan fingerprint density at radius 2 is 2.17 bits per heavy atom. The number of nitrogens with one attached hydrogen (secondary N) is 1. The molecular weight excluding hydrogens is 226 g/mol. The van der Waals surface area contributed by atoms with Crippen molar-refractivity contribution >= 4 is 10.9 Å². The third-order valence-corrected chi connectivity index (χ3v) is 3.92. The van der Waals surface area contributed by atoms with Crippen LogP contribution in [0.2, 0.25) is 0 Å². The van der Waals surface area contributed by atoms with E-state index in [1.54, 1.807) is 0 Å². The number of para-hydroxylation sites is 1. The fraction of sp³-hybridized carbons (Fsp3) is 0.500. The van der Waals surface area contributed by atoms with Gasteiger partial charge in [0.05, 0.1) is 11.2 Å². The summed E-state index contributed by atoms with van der Waals surface area (Å²) in [5.74, 6) is 0. The van der Waals surface area contributed by atoms with Gasteiger partial charge < -0.3 is 10.4 Å². The number of fused-ring (bicyclic) bond motifs is 1. The van der Waals surface area contributed by atoms with Crippen molar-refractivity contribution in [3.63, 3.8) is 0 Å². The van der Waals surface area contributed by atoms with Crippen molar-refractivity contribution in [3.05, 3.63) is 30.0 Å². The molecule has 0 saturated heterocycles. The molecule has 0 radical (unpaired) electrons. The normalized spacial score (nSPS) is 17.2. The highest BCUT2D eigenvalue weighted by Gasteiger charge is 2.41. The van der Waals surface area contributed by atoms with E-state index in [-0.39, 0.29) is 5.41 Å². The van der Waals surface area contributed by atoms with Crippen LogP contribution in [0, 0.1) is 5.41 Å². The Balaban J connectivity index is 1.71. The largest absolute Gasteiger partial charge is 0.396 e. The number of aliphatic hydroxyl groups excluding tert-OH is 1. The fourth-order valence-corrected chi connectivity index (χ4v) is 2.43. The molecule has 1 heterocycles. The van der Waals surface area contributed by atoms with E-state index in [1.165, 1.54) is 5.39 Å². The lowest BCUT2D eigenvalue weighted by Crippen LogP contribution is -2.26. The van der Waals surface area contributed by atoms with Crippen LogP contribution in [-0.2, 0) is 13.6 Å². The van der Waals surface area contributed by atoms with E-state index in [9.17, 15) is 5.11 Å². The van der Waals surface area contributed by atoms with Crippen molar-refractivity contribution in [2.24, 2.45) is 12.5 Å². The van der Waals surface area contributed by atoms with Crippen LogP contribution in [-0.4, -0.2) is 28.0 Å². The zero-order chi connectivity index (χ0) is 12.6. The van der Waals surface area contributed by atoms with Gasteiger partial charge in [-0.3, -0.25) is 4.68 Å². The van der Waals surface area contributed by atoms with Crippen molar-refractivity contribution in [3.8, 4) is 0 Å². The minimum absolute atomic E-state index is 0.157. The SMILES string of the molecule is Cn1nc(CNCC2(CO)CC2)c2ccccc21. The Kier molecular flexibility index (Phi) is 2.84. The molecule has 0 unspecified atom stereocenters. The molecule has 1 saturated carbocycles. The van der Waals surface area contributed by atoms with Gasteiger partial charge in [0.2, 0.25) is 0 Å². The molecule has 4 nitrogen and oxygen atoms in total. The summed E-state index contributed by atoms with van der Waals surface area (Å²) in [4.78, 5) is 0. The van der Waals surface area contributed by atoms with Crippen LogP contribution in [0.3, 0.4) is 0 Å². The van der Waals surface area contributed by atoms with Crippen LogP contribution < -0.4 is 5.32 Å². The van der Waals surface area contributed by atoms with Gasteiger partial charge in [0, 0.05) is 37.5 Å². The highest BCUT2D eigenvalue weighted by atomic mass is 16.3. The molecule has 3 rings (SSSR count). The molecule has 1 aromatic carbocycles. The van der Waals surface area contributed by atoms with Crippen LogP contribution >= 0.6 is 0 Å². The minimum Gasteiger partial charge on any atom is -0.396 e. The highest BCUT2D eigenvalue weighted by Crippen LogP contribution is 2.44. The first-order chi connectivity index (χ1) is 8.74. The number of aryl methyl sites for hydroxylation is 1. The Hall–Kier alpha value is -1.39. The number of aromatic nitrogens is 2. The van der Waals surface area contributed by atoms with Gasteiger partial charge in [0.1, 0.15) is 0 Å². The molecule has 0 atom stereocenters. The van der Waals surface area contributed by atoms with Crippen molar-refractivity contribution in [1.29, 1.82) is 0 Å². The molecule has 1 fully saturated rings. The summed E-state index contributed by atoms with van der Waals surface area (Å²) in [6.07, 6.45) is 2.28. The molecule has 0 bridgehead atoms. The number of rotatable bonds is 5. The molecule has 2 aromatic rings. The Morgan fingerprint density at radius 1 is 1.39 bits per heavy atom. The molecule has 0 spiro atoms. The Labute approximate surface area is 107 Å². The zero-order valence-corrected chi connectivity index (χ0v) is 10.7. The third kappa shape index (κ3) is 2.02. The standard InChI is InChI=1S/C14H19N3O/c1-17-13-5-3-2-4-11(13)12(16-17)8-15-9-14(10-18)6-7-14/h2-5,15,18H,6-10H2,1H3. The Morgan fingerprint density at radius 3 is 2.89 bits per heavy atom. The summed E-state index contributed by atoms with van der Waals surface area (Å²) in [7, 11) is 1.97. The van der Waals surface area contributed by atoms with Crippen LogP contribution in [0.15, 0.2) is 24.3 Å². The molecule has 4 heteroatoms. The van der Waals surface area contributed by atoms with Gasteiger partial charge in [0.25, 0.3) is 0 Å². The summed E-state index contributed by atoms with van der Waals surface area (Å²) >= 11 is 0. The minimum atomic E-state index is 0.157. The van der Waals surface area contributed by atoms with Crippen LogP contribution in [0.4, 0.5) is 0 Å². The first kappa shape index (κ1) is 11.7. The summed E-state index contributed by atoms with van der Waals surface area (Å²) in [5, 5.41) is 18.5. The van der Waals surface area contributed by atoms with E-state index in [4.69, 9.17) is 0 Å². The molecule has 1 aromatic heterocycles. The molecule has 0 amide bonds. The molecular formula is C14H19N3O. The second-order valence-corrected chi connectivity index (χ2v) is 5.35. The van der Waals surface area contributed by atoms with Gasteiger partial charge in [-0.05, 0) is 18.9 Å². The molecule has 1 aliphatic carbocycles. The highest BCUT2D eigenvalue weighted by molar-refractivity contribution is 5.81. The lowest BCUT2D eigenvalue weighted by molar-refractivity contribution is 0.207. The predicted octanol–water partition coefficient (Wildman–Crippen LogP) is 1.44. The maximum absolute atomic E-state index is 9.27. The van der Waals surface area contributed by atoms with E-state index in [1.807, 2.05) is 23.9 Å². The Bertz CT molecular complexity index is 557. The van der Waals surface area contributed by atoms with Gasteiger partial charge in [0.15, 0.2) is 0 Å². The summed E-state index contributed by atoms with van der Waals surface area (Å²) in [5.41, 5.74) is 2.41. The smallest absolute Gasteiger partial charge is 0.0841 e. The van der Waals surface area contributed by atoms with Gasteiger partial charge in [-0.15, -0.1) is 0 Å². The number of nitrogens with zero attached hydrogens (tertiary/aromatic N) is 2. The second-order valence-electron chi connectivity index (χ2n) is 5.35. The number of hydrogen-bond donors (Lipinski definition) is 2.